The molecule has 2 aromatic rings. The van der Waals surface area contributed by atoms with Crippen LogP contribution < -0.4 is 10.1 Å². The number of nitrogens with one attached hydrogen (secondary N) is 1. The van der Waals surface area contributed by atoms with Gasteiger partial charge in [-0.3, -0.25) is 9.59 Å². The van der Waals surface area contributed by atoms with Gasteiger partial charge in [-0.2, -0.15) is 13.2 Å². The monoisotopic (exact) mass is 549 g/mol. The van der Waals surface area contributed by atoms with Gasteiger partial charge in [-0.05, 0) is 37.0 Å². The molecule has 10 heteroatoms. The molecule has 0 amide bonds. The minimum atomic E-state index is -5.08. The molecule has 212 valence electrons. The van der Waals surface area contributed by atoms with Gasteiger partial charge in [-0.25, -0.2) is 4.79 Å². The molecule has 1 fully saturated rings. The molecular formula is C29H34F3NO6. The van der Waals surface area contributed by atoms with Crippen molar-refractivity contribution >= 4 is 17.5 Å². The fraction of sp³-hybridized carbons (Fsp3) is 0.483. The molecule has 0 spiro atoms. The first-order valence-corrected chi connectivity index (χ1v) is 13.1. The normalized spacial score (nSPS) is 20.3. The molecule has 1 saturated heterocycles. The highest BCUT2D eigenvalue weighted by molar-refractivity contribution is 6.04. The third-order valence-corrected chi connectivity index (χ3v) is 7.12. The van der Waals surface area contributed by atoms with E-state index in [1.807, 2.05) is 31.2 Å². The molecule has 4 rings (SSSR count). The van der Waals surface area contributed by atoms with Gasteiger partial charge in [0, 0.05) is 37.1 Å². The molecule has 7 nitrogen and oxygen atoms in total. The van der Waals surface area contributed by atoms with Crippen LogP contribution in [0, 0.1) is 0 Å². The Morgan fingerprint density at radius 3 is 2.36 bits per heavy atom. The molecule has 2 heterocycles. The number of ether oxygens (including phenoxy) is 2. The summed E-state index contributed by atoms with van der Waals surface area (Å²) in [6.45, 7) is 6.93. The van der Waals surface area contributed by atoms with Crippen molar-refractivity contribution < 1.29 is 42.1 Å². The van der Waals surface area contributed by atoms with Gasteiger partial charge in [-0.15, -0.1) is 0 Å². The molecule has 39 heavy (non-hydrogen) atoms. The topological polar surface area (TPSA) is 102 Å². The zero-order valence-electron chi connectivity index (χ0n) is 22.1. The van der Waals surface area contributed by atoms with Crippen molar-refractivity contribution in [3.05, 3.63) is 64.7 Å². The second-order valence-electron chi connectivity index (χ2n) is 9.58. The van der Waals surface area contributed by atoms with Gasteiger partial charge in [0.15, 0.2) is 11.6 Å². The van der Waals surface area contributed by atoms with Crippen LogP contribution in [0.25, 0.3) is 0 Å². The maximum absolute atomic E-state index is 13.2. The number of carbonyl (C=O) groups is 3. The van der Waals surface area contributed by atoms with Crippen LogP contribution in [0.1, 0.15) is 77.8 Å². The number of fused-ring (bicyclic) bond motifs is 1. The standard InChI is InChI=1S/C27H33NO4.C2HF3O2/c1-3-24(29)22-15-19(25(30)12-8-11-21-17-28-13-14-31-21)16-23-26(22)32-18-27(23,4-2)20-9-6-5-7-10-20;3-2(4,5)1(6)7/h5-7,9-10,15-16,21,28H,3-4,8,11-14,17-18H2,1-2H3;(H,6,7)/t21-,27?;/m1./s1. The van der Waals surface area contributed by atoms with Gasteiger partial charge in [0.05, 0.1) is 23.7 Å². The van der Waals surface area contributed by atoms with Crippen molar-refractivity contribution in [2.24, 2.45) is 0 Å². The van der Waals surface area contributed by atoms with E-state index in [1.165, 1.54) is 0 Å². The molecule has 0 aliphatic carbocycles. The zero-order chi connectivity index (χ0) is 28.6. The lowest BCUT2D eigenvalue weighted by Crippen LogP contribution is -2.38. The van der Waals surface area contributed by atoms with Crippen LogP contribution in [-0.4, -0.2) is 61.2 Å². The second kappa shape index (κ2) is 13.2. The SMILES string of the molecule is CCC(=O)c1cc(C(=O)CCC[C@@H]2CNCCO2)cc2c1OCC2(CC)c1ccccc1.O=C(O)C(F)(F)F. The lowest BCUT2D eigenvalue weighted by atomic mass is 9.73. The number of Topliss-reactive ketones (excluding diaryl/α,β-unsaturated/α-hetero) is 2. The van der Waals surface area contributed by atoms with E-state index in [2.05, 4.69) is 24.4 Å². The number of ketones is 2. The summed E-state index contributed by atoms with van der Waals surface area (Å²) in [6.07, 6.45) is -1.63. The van der Waals surface area contributed by atoms with E-state index in [4.69, 9.17) is 19.4 Å². The fourth-order valence-electron chi connectivity index (χ4n) is 4.90. The highest BCUT2D eigenvalue weighted by Gasteiger charge is 2.43. The summed E-state index contributed by atoms with van der Waals surface area (Å²) in [5.74, 6) is -2.02. The second-order valence-corrected chi connectivity index (χ2v) is 9.58. The van der Waals surface area contributed by atoms with E-state index < -0.39 is 12.1 Å². The number of carbonyl (C=O) groups excluding carboxylic acids is 2. The number of rotatable bonds is 9. The summed E-state index contributed by atoms with van der Waals surface area (Å²) in [4.78, 5) is 34.9. The Morgan fingerprint density at radius 1 is 1.10 bits per heavy atom. The first-order chi connectivity index (χ1) is 18.5. The maximum atomic E-state index is 13.2. The molecule has 2 atom stereocenters. The van der Waals surface area contributed by atoms with Crippen molar-refractivity contribution in [1.29, 1.82) is 0 Å². The number of halogens is 3. The Morgan fingerprint density at radius 2 is 1.79 bits per heavy atom. The first kappa shape index (κ1) is 30.3. The van der Waals surface area contributed by atoms with Crippen LogP contribution in [0.3, 0.4) is 0 Å². The van der Waals surface area contributed by atoms with Crippen LogP contribution >= 0.6 is 0 Å². The van der Waals surface area contributed by atoms with E-state index in [1.54, 1.807) is 6.07 Å². The molecule has 0 bridgehead atoms. The van der Waals surface area contributed by atoms with E-state index in [0.29, 0.717) is 36.3 Å². The molecule has 0 saturated carbocycles. The fourth-order valence-corrected chi connectivity index (χ4v) is 4.90. The van der Waals surface area contributed by atoms with Gasteiger partial charge in [-0.1, -0.05) is 44.2 Å². The average Bonchev–Trinajstić information content (AvgIpc) is 3.32. The number of carboxylic acids is 1. The lowest BCUT2D eigenvalue weighted by Gasteiger charge is -2.27. The molecule has 1 unspecified atom stereocenters. The molecular weight excluding hydrogens is 515 g/mol. The number of carboxylic acid groups (broad SMARTS) is 1. The highest BCUT2D eigenvalue weighted by atomic mass is 19.4. The van der Waals surface area contributed by atoms with Gasteiger partial charge >= 0.3 is 12.1 Å². The minimum Gasteiger partial charge on any atom is -0.491 e. The van der Waals surface area contributed by atoms with Crippen LogP contribution in [0.15, 0.2) is 42.5 Å². The van der Waals surface area contributed by atoms with Crippen molar-refractivity contribution in [2.75, 3.05) is 26.3 Å². The Hall–Kier alpha value is -3.24. The Kier molecular flexibility index (Phi) is 10.3. The van der Waals surface area contributed by atoms with E-state index in [9.17, 15) is 22.8 Å². The number of hydrogen-bond acceptors (Lipinski definition) is 6. The predicted molar refractivity (Wildman–Crippen MR) is 139 cm³/mol. The third-order valence-electron chi connectivity index (χ3n) is 7.12. The smallest absolute Gasteiger partial charge is 0.490 e. The summed E-state index contributed by atoms with van der Waals surface area (Å²) in [5, 5.41) is 10.5. The number of aliphatic carboxylic acids is 1. The van der Waals surface area contributed by atoms with Crippen LogP contribution in [0.2, 0.25) is 0 Å². The van der Waals surface area contributed by atoms with Gasteiger partial charge in [0.1, 0.15) is 12.4 Å². The van der Waals surface area contributed by atoms with Gasteiger partial charge < -0.3 is 19.9 Å². The summed E-state index contributed by atoms with van der Waals surface area (Å²) < 4.78 is 43.6. The molecule has 2 aromatic carbocycles. The van der Waals surface area contributed by atoms with E-state index >= 15 is 0 Å². The maximum Gasteiger partial charge on any atom is 0.490 e. The van der Waals surface area contributed by atoms with Crippen molar-refractivity contribution in [3.63, 3.8) is 0 Å². The Bertz CT molecular complexity index is 1160. The number of morpholine rings is 1. The van der Waals surface area contributed by atoms with Crippen molar-refractivity contribution in [3.8, 4) is 5.75 Å². The summed E-state index contributed by atoms with van der Waals surface area (Å²) in [7, 11) is 0. The molecule has 0 aromatic heterocycles. The van der Waals surface area contributed by atoms with E-state index in [0.717, 1.165) is 50.1 Å². The average molecular weight is 550 g/mol. The van der Waals surface area contributed by atoms with E-state index in [-0.39, 0.29) is 23.1 Å². The quantitative estimate of drug-likeness (QED) is 0.407. The summed E-state index contributed by atoms with van der Waals surface area (Å²) in [5.41, 5.74) is 2.93. The number of alkyl halides is 3. The lowest BCUT2D eigenvalue weighted by molar-refractivity contribution is -0.192. The summed E-state index contributed by atoms with van der Waals surface area (Å²) >= 11 is 0. The number of hydrogen-bond donors (Lipinski definition) is 2. The zero-order valence-corrected chi connectivity index (χ0v) is 22.1. The molecule has 2 N–H and O–H groups in total. The highest BCUT2D eigenvalue weighted by Crippen LogP contribution is 2.48. The molecule has 2 aliphatic rings. The molecule has 0 radical (unpaired) electrons. The van der Waals surface area contributed by atoms with Crippen molar-refractivity contribution in [2.45, 2.75) is 63.6 Å². The predicted octanol–water partition coefficient (Wildman–Crippen LogP) is 5.34. The van der Waals surface area contributed by atoms with Gasteiger partial charge in [0.25, 0.3) is 0 Å². The van der Waals surface area contributed by atoms with Crippen molar-refractivity contribution in [1.82, 2.24) is 5.32 Å². The summed E-state index contributed by atoms with van der Waals surface area (Å²) in [6, 6.07) is 14.0. The Labute approximate surface area is 225 Å². The third kappa shape index (κ3) is 7.24. The van der Waals surface area contributed by atoms with Crippen LogP contribution in [0.4, 0.5) is 13.2 Å². The molecule has 2 aliphatic heterocycles. The van der Waals surface area contributed by atoms with Crippen LogP contribution in [-0.2, 0) is 14.9 Å². The van der Waals surface area contributed by atoms with Gasteiger partial charge in [0.2, 0.25) is 0 Å². The van der Waals surface area contributed by atoms with Crippen LogP contribution in [0.5, 0.6) is 5.75 Å². The first-order valence-electron chi connectivity index (χ1n) is 13.1. The largest absolute Gasteiger partial charge is 0.491 e. The minimum absolute atomic E-state index is 0.0116. The number of benzene rings is 2. The Balaban J connectivity index is 0.000000532.